The molecule has 0 aliphatic rings. The van der Waals surface area contributed by atoms with Gasteiger partial charge in [-0.15, -0.1) is 11.6 Å². The summed E-state index contributed by atoms with van der Waals surface area (Å²) >= 11 is 5.45. The number of rotatable bonds is 3. The first kappa shape index (κ1) is 9.99. The van der Waals surface area contributed by atoms with Crippen LogP contribution in [-0.4, -0.2) is 15.4 Å². The predicted octanol–water partition coefficient (Wildman–Crippen LogP) is 1.35. The van der Waals surface area contributed by atoms with Crippen LogP contribution in [0.15, 0.2) is 29.3 Å². The number of nitrogens with zero attached hydrogens (tertiary/aromatic N) is 2. The van der Waals surface area contributed by atoms with Crippen molar-refractivity contribution in [3.63, 3.8) is 0 Å². The third-order valence-corrected chi connectivity index (χ3v) is 1.72. The summed E-state index contributed by atoms with van der Waals surface area (Å²) in [6.07, 6.45) is 6.98. The molecule has 1 rings (SSSR count). The molecule has 0 spiro atoms. The quantitative estimate of drug-likeness (QED) is 0.543. The molecule has 0 saturated heterocycles. The molecular weight excluding hydrogens is 188 g/mol. The van der Waals surface area contributed by atoms with Crippen molar-refractivity contribution in [2.75, 3.05) is 5.88 Å². The van der Waals surface area contributed by atoms with E-state index in [1.807, 2.05) is 13.0 Å². The van der Waals surface area contributed by atoms with Gasteiger partial charge < -0.3 is 0 Å². The highest BCUT2D eigenvalue weighted by atomic mass is 35.5. The molecule has 1 heterocycles. The fourth-order valence-corrected chi connectivity index (χ4v) is 1.07. The van der Waals surface area contributed by atoms with E-state index in [2.05, 4.69) is 4.98 Å². The summed E-state index contributed by atoms with van der Waals surface area (Å²) < 4.78 is 1.54. The molecule has 0 atom stereocenters. The Bertz CT molecular complexity index is 357. The Morgan fingerprint density at radius 1 is 1.62 bits per heavy atom. The summed E-state index contributed by atoms with van der Waals surface area (Å²) in [6, 6.07) is 0. The van der Waals surface area contributed by atoms with E-state index in [1.54, 1.807) is 23.0 Å². The predicted molar refractivity (Wildman–Crippen MR) is 53.1 cm³/mol. The summed E-state index contributed by atoms with van der Waals surface area (Å²) in [5, 5.41) is 0. The number of aryl methyl sites for hydroxylation is 1. The third-order valence-electron chi connectivity index (χ3n) is 1.54. The average Bonchev–Trinajstić information content (AvgIpc) is 2.11. The summed E-state index contributed by atoms with van der Waals surface area (Å²) in [6.45, 7) is 2.43. The van der Waals surface area contributed by atoms with Crippen LogP contribution in [0.5, 0.6) is 0 Å². The number of hydrogen-bond acceptors (Lipinski definition) is 2. The van der Waals surface area contributed by atoms with Gasteiger partial charge in [-0.1, -0.05) is 12.2 Å². The molecule has 70 valence electrons. The fourth-order valence-electron chi connectivity index (χ4n) is 0.947. The van der Waals surface area contributed by atoms with Crippen molar-refractivity contribution in [3.05, 3.63) is 40.6 Å². The molecule has 0 amide bonds. The second-order valence-corrected chi connectivity index (χ2v) is 3.00. The number of allylic oxidation sites excluding steroid dienone is 2. The molecule has 4 heteroatoms. The Morgan fingerprint density at radius 2 is 2.38 bits per heavy atom. The van der Waals surface area contributed by atoms with Gasteiger partial charge in [-0.3, -0.25) is 4.57 Å². The normalized spacial score (nSPS) is 10.9. The molecule has 0 aliphatic heterocycles. The molecule has 0 aliphatic carbocycles. The van der Waals surface area contributed by atoms with Crippen molar-refractivity contribution in [1.82, 2.24) is 9.55 Å². The van der Waals surface area contributed by atoms with Gasteiger partial charge in [0.05, 0.1) is 0 Å². The van der Waals surface area contributed by atoms with Crippen molar-refractivity contribution >= 4 is 11.6 Å². The van der Waals surface area contributed by atoms with Crippen molar-refractivity contribution in [1.29, 1.82) is 0 Å². The van der Waals surface area contributed by atoms with E-state index in [9.17, 15) is 4.79 Å². The highest BCUT2D eigenvalue weighted by Gasteiger charge is 1.93. The second kappa shape index (κ2) is 4.82. The van der Waals surface area contributed by atoms with Crippen LogP contribution < -0.4 is 5.69 Å². The van der Waals surface area contributed by atoms with Gasteiger partial charge in [0.1, 0.15) is 0 Å². The monoisotopic (exact) mass is 198 g/mol. The Kier molecular flexibility index (Phi) is 3.71. The van der Waals surface area contributed by atoms with Crippen molar-refractivity contribution in [2.24, 2.45) is 0 Å². The molecule has 0 saturated carbocycles. The summed E-state index contributed by atoms with van der Waals surface area (Å²) in [5.41, 5.74) is 0.740. The Labute approximate surface area is 81.7 Å². The minimum atomic E-state index is -0.232. The molecule has 0 unspecified atom stereocenters. The lowest BCUT2D eigenvalue weighted by Crippen LogP contribution is -2.21. The maximum atomic E-state index is 11.2. The van der Waals surface area contributed by atoms with E-state index in [-0.39, 0.29) is 5.69 Å². The minimum Gasteiger partial charge on any atom is -0.295 e. The molecule has 13 heavy (non-hydrogen) atoms. The van der Waals surface area contributed by atoms with Crippen LogP contribution in [0.2, 0.25) is 0 Å². The van der Waals surface area contributed by atoms with Crippen molar-refractivity contribution < 1.29 is 0 Å². The van der Waals surface area contributed by atoms with Gasteiger partial charge in [-0.05, 0) is 12.5 Å². The fraction of sp³-hybridized carbons (Fsp3) is 0.333. The third kappa shape index (κ3) is 3.03. The van der Waals surface area contributed by atoms with Crippen molar-refractivity contribution in [3.8, 4) is 0 Å². The van der Waals surface area contributed by atoms with E-state index in [4.69, 9.17) is 11.6 Å². The molecule has 0 bridgehead atoms. The van der Waals surface area contributed by atoms with Crippen LogP contribution in [0.1, 0.15) is 5.56 Å². The van der Waals surface area contributed by atoms with E-state index in [0.717, 1.165) is 5.56 Å². The zero-order valence-electron chi connectivity index (χ0n) is 7.40. The van der Waals surface area contributed by atoms with Gasteiger partial charge in [0.15, 0.2) is 0 Å². The Hall–Kier alpha value is -1.09. The van der Waals surface area contributed by atoms with Gasteiger partial charge in [-0.25, -0.2) is 9.78 Å². The van der Waals surface area contributed by atoms with Crippen LogP contribution in [0.4, 0.5) is 0 Å². The standard InChI is InChI=1S/C9H11ClN2O/c1-8-6-11-9(13)12(7-8)5-3-2-4-10/h2-3,6-7H,4-5H2,1H3. The van der Waals surface area contributed by atoms with Gasteiger partial charge >= 0.3 is 5.69 Å². The van der Waals surface area contributed by atoms with Gasteiger partial charge in [0.2, 0.25) is 0 Å². The van der Waals surface area contributed by atoms with Gasteiger partial charge in [-0.2, -0.15) is 0 Å². The number of halogens is 1. The lowest BCUT2D eigenvalue weighted by Gasteiger charge is -2.00. The summed E-state index contributed by atoms with van der Waals surface area (Å²) in [4.78, 5) is 14.8. The van der Waals surface area contributed by atoms with Crippen LogP contribution in [-0.2, 0) is 6.54 Å². The summed E-state index contributed by atoms with van der Waals surface area (Å²) in [7, 11) is 0. The smallest absolute Gasteiger partial charge is 0.295 e. The van der Waals surface area contributed by atoms with E-state index in [1.165, 1.54) is 0 Å². The first-order valence-corrected chi connectivity index (χ1v) is 4.51. The SMILES string of the molecule is Cc1cnc(=O)n(CC=CCCl)c1. The molecule has 3 nitrogen and oxygen atoms in total. The molecule has 1 aromatic heterocycles. The minimum absolute atomic E-state index is 0.232. The molecule has 0 radical (unpaired) electrons. The molecule has 0 aromatic carbocycles. The van der Waals surface area contributed by atoms with Crippen LogP contribution in [0.25, 0.3) is 0 Å². The van der Waals surface area contributed by atoms with E-state index < -0.39 is 0 Å². The maximum Gasteiger partial charge on any atom is 0.347 e. The zero-order chi connectivity index (χ0) is 9.68. The average molecular weight is 199 g/mol. The van der Waals surface area contributed by atoms with Crippen LogP contribution in [0, 0.1) is 6.92 Å². The Morgan fingerprint density at radius 3 is 3.08 bits per heavy atom. The van der Waals surface area contributed by atoms with E-state index in [0.29, 0.717) is 12.4 Å². The maximum absolute atomic E-state index is 11.2. The van der Waals surface area contributed by atoms with Gasteiger partial charge in [0.25, 0.3) is 0 Å². The number of aromatic nitrogens is 2. The van der Waals surface area contributed by atoms with Crippen LogP contribution in [0.3, 0.4) is 0 Å². The molecular formula is C9H11ClN2O. The molecule has 1 aromatic rings. The van der Waals surface area contributed by atoms with Crippen LogP contribution >= 0.6 is 11.6 Å². The topological polar surface area (TPSA) is 34.9 Å². The first-order valence-electron chi connectivity index (χ1n) is 3.98. The molecule has 0 fully saturated rings. The number of hydrogen-bond donors (Lipinski definition) is 0. The first-order chi connectivity index (χ1) is 6.24. The molecule has 0 N–H and O–H groups in total. The van der Waals surface area contributed by atoms with Crippen molar-refractivity contribution in [2.45, 2.75) is 13.5 Å². The summed E-state index contributed by atoms with van der Waals surface area (Å²) in [5.74, 6) is 0.466. The lowest BCUT2D eigenvalue weighted by molar-refractivity contribution is 0.736. The largest absolute Gasteiger partial charge is 0.347 e. The second-order valence-electron chi connectivity index (χ2n) is 2.69. The number of alkyl halides is 1. The highest BCUT2D eigenvalue weighted by molar-refractivity contribution is 6.18. The van der Waals surface area contributed by atoms with Gasteiger partial charge in [0, 0.05) is 24.8 Å². The Balaban J connectivity index is 2.82. The lowest BCUT2D eigenvalue weighted by atomic mass is 10.4. The van der Waals surface area contributed by atoms with E-state index >= 15 is 0 Å². The zero-order valence-corrected chi connectivity index (χ0v) is 8.16. The highest BCUT2D eigenvalue weighted by Crippen LogP contribution is 1.90.